The number of nitrogens with one attached hydrogen (secondary N) is 2. The van der Waals surface area contributed by atoms with Gasteiger partial charge in [0, 0.05) is 11.7 Å². The van der Waals surface area contributed by atoms with Crippen molar-refractivity contribution in [2.45, 2.75) is 26.8 Å². The molecule has 0 amide bonds. The van der Waals surface area contributed by atoms with Crippen molar-refractivity contribution in [3.05, 3.63) is 22.5 Å². The molecule has 0 aliphatic rings. The summed E-state index contributed by atoms with van der Waals surface area (Å²) in [5, 5.41) is 12.0. The lowest BCUT2D eigenvalue weighted by molar-refractivity contribution is 0.632. The van der Waals surface area contributed by atoms with Crippen LogP contribution in [0, 0.1) is 25.2 Å². The topological polar surface area (TPSA) is 51.6 Å². The number of aromatic nitrogens is 1. The first-order valence-electron chi connectivity index (χ1n) is 4.38. The molecule has 13 heavy (non-hydrogen) atoms. The van der Waals surface area contributed by atoms with Crippen molar-refractivity contribution in [3.8, 4) is 6.07 Å². The molecule has 1 heterocycles. The number of H-pyrrole nitrogens is 1. The SMILES string of the molecule is CNC(C)c1[nH]c(C#N)c(C)c1C. The zero-order valence-corrected chi connectivity index (χ0v) is 8.52. The maximum Gasteiger partial charge on any atom is 0.121 e. The Bertz CT molecular complexity index is 344. The van der Waals surface area contributed by atoms with Crippen LogP contribution in [-0.4, -0.2) is 12.0 Å². The van der Waals surface area contributed by atoms with Crippen LogP contribution in [0.4, 0.5) is 0 Å². The molecular weight excluding hydrogens is 162 g/mol. The second-order valence-corrected chi connectivity index (χ2v) is 3.29. The Morgan fingerprint density at radius 3 is 2.38 bits per heavy atom. The molecule has 70 valence electrons. The largest absolute Gasteiger partial charge is 0.348 e. The fraction of sp³-hybridized carbons (Fsp3) is 0.500. The summed E-state index contributed by atoms with van der Waals surface area (Å²) in [5.41, 5.74) is 4.02. The van der Waals surface area contributed by atoms with E-state index in [0.29, 0.717) is 5.69 Å². The average molecular weight is 177 g/mol. The lowest BCUT2D eigenvalue weighted by atomic mass is 10.1. The van der Waals surface area contributed by atoms with Crippen LogP contribution in [0.3, 0.4) is 0 Å². The van der Waals surface area contributed by atoms with Crippen molar-refractivity contribution in [1.29, 1.82) is 5.26 Å². The van der Waals surface area contributed by atoms with Crippen LogP contribution in [0.5, 0.6) is 0 Å². The van der Waals surface area contributed by atoms with Gasteiger partial charge in [-0.1, -0.05) is 0 Å². The van der Waals surface area contributed by atoms with Gasteiger partial charge >= 0.3 is 0 Å². The van der Waals surface area contributed by atoms with Crippen LogP contribution in [0.25, 0.3) is 0 Å². The van der Waals surface area contributed by atoms with Gasteiger partial charge in [0.15, 0.2) is 0 Å². The summed E-state index contributed by atoms with van der Waals surface area (Å²) in [6.45, 7) is 6.07. The van der Waals surface area contributed by atoms with Gasteiger partial charge in [0.05, 0.1) is 0 Å². The molecule has 0 aromatic carbocycles. The minimum absolute atomic E-state index is 0.265. The Balaban J connectivity index is 3.18. The average Bonchev–Trinajstić information content (AvgIpc) is 2.43. The van der Waals surface area contributed by atoms with E-state index >= 15 is 0 Å². The number of hydrogen-bond donors (Lipinski definition) is 2. The zero-order valence-electron chi connectivity index (χ0n) is 8.52. The van der Waals surface area contributed by atoms with E-state index in [1.807, 2.05) is 20.9 Å². The number of nitriles is 1. The van der Waals surface area contributed by atoms with Gasteiger partial charge in [-0.3, -0.25) is 0 Å². The summed E-state index contributed by atoms with van der Waals surface area (Å²) in [5.74, 6) is 0. The first kappa shape index (κ1) is 9.82. The van der Waals surface area contributed by atoms with Crippen molar-refractivity contribution in [1.82, 2.24) is 10.3 Å². The molecule has 3 heteroatoms. The lowest BCUT2D eigenvalue weighted by Gasteiger charge is -2.09. The van der Waals surface area contributed by atoms with Gasteiger partial charge in [-0.05, 0) is 38.9 Å². The molecule has 0 aliphatic carbocycles. The predicted molar refractivity (Wildman–Crippen MR) is 52.5 cm³/mol. The van der Waals surface area contributed by atoms with Gasteiger partial charge in [-0.15, -0.1) is 0 Å². The smallest absolute Gasteiger partial charge is 0.121 e. The molecular formula is C10H15N3. The summed E-state index contributed by atoms with van der Waals surface area (Å²) in [6.07, 6.45) is 0. The third-order valence-electron chi connectivity index (χ3n) is 2.58. The normalized spacial score (nSPS) is 12.5. The summed E-state index contributed by atoms with van der Waals surface area (Å²) < 4.78 is 0. The van der Waals surface area contributed by atoms with Crippen molar-refractivity contribution in [2.75, 3.05) is 7.05 Å². The second kappa shape index (κ2) is 3.63. The molecule has 0 spiro atoms. The van der Waals surface area contributed by atoms with Crippen LogP contribution < -0.4 is 5.32 Å². The zero-order chi connectivity index (χ0) is 10.0. The fourth-order valence-corrected chi connectivity index (χ4v) is 1.40. The highest BCUT2D eigenvalue weighted by atomic mass is 14.9. The molecule has 0 bridgehead atoms. The van der Waals surface area contributed by atoms with Crippen LogP contribution in [0.2, 0.25) is 0 Å². The van der Waals surface area contributed by atoms with Gasteiger partial charge in [0.1, 0.15) is 11.8 Å². The summed E-state index contributed by atoms with van der Waals surface area (Å²) in [7, 11) is 1.91. The van der Waals surface area contributed by atoms with E-state index in [0.717, 1.165) is 11.3 Å². The molecule has 1 atom stereocenters. The van der Waals surface area contributed by atoms with Crippen molar-refractivity contribution in [3.63, 3.8) is 0 Å². The third-order valence-corrected chi connectivity index (χ3v) is 2.58. The van der Waals surface area contributed by atoms with E-state index in [-0.39, 0.29) is 6.04 Å². The second-order valence-electron chi connectivity index (χ2n) is 3.29. The van der Waals surface area contributed by atoms with Gasteiger partial charge in [-0.25, -0.2) is 0 Å². The Kier molecular flexibility index (Phi) is 2.74. The van der Waals surface area contributed by atoms with Gasteiger partial charge in [-0.2, -0.15) is 5.26 Å². The van der Waals surface area contributed by atoms with E-state index in [2.05, 4.69) is 23.3 Å². The molecule has 0 saturated carbocycles. The highest BCUT2D eigenvalue weighted by Crippen LogP contribution is 2.21. The van der Waals surface area contributed by atoms with E-state index in [1.165, 1.54) is 5.56 Å². The molecule has 3 nitrogen and oxygen atoms in total. The van der Waals surface area contributed by atoms with E-state index in [4.69, 9.17) is 5.26 Å². The van der Waals surface area contributed by atoms with E-state index in [9.17, 15) is 0 Å². The Morgan fingerprint density at radius 2 is 2.00 bits per heavy atom. The number of rotatable bonds is 2. The predicted octanol–water partition coefficient (Wildman–Crippen LogP) is 1.78. The van der Waals surface area contributed by atoms with Crippen LogP contribution in [0.15, 0.2) is 0 Å². The summed E-state index contributed by atoms with van der Waals surface area (Å²) >= 11 is 0. The molecule has 2 N–H and O–H groups in total. The standard InChI is InChI=1S/C10H15N3/c1-6-7(2)10(8(3)12-4)13-9(6)5-11/h8,12-13H,1-4H3. The molecule has 1 aromatic rings. The van der Waals surface area contributed by atoms with Crippen molar-refractivity contribution < 1.29 is 0 Å². The minimum Gasteiger partial charge on any atom is -0.348 e. The monoisotopic (exact) mass is 177 g/mol. The highest BCUT2D eigenvalue weighted by Gasteiger charge is 2.13. The van der Waals surface area contributed by atoms with Gasteiger partial charge in [0.25, 0.3) is 0 Å². The fourth-order valence-electron chi connectivity index (χ4n) is 1.40. The molecule has 0 saturated heterocycles. The van der Waals surface area contributed by atoms with Crippen molar-refractivity contribution in [2.24, 2.45) is 0 Å². The van der Waals surface area contributed by atoms with Crippen molar-refractivity contribution >= 4 is 0 Å². The Morgan fingerprint density at radius 1 is 1.38 bits per heavy atom. The Labute approximate surface area is 78.8 Å². The molecule has 0 fully saturated rings. The first-order chi connectivity index (χ1) is 6.11. The number of nitrogens with zero attached hydrogens (tertiary/aromatic N) is 1. The summed E-state index contributed by atoms with van der Waals surface area (Å²) in [6, 6.07) is 2.42. The molecule has 1 aromatic heterocycles. The number of aromatic amines is 1. The van der Waals surface area contributed by atoms with Gasteiger partial charge < -0.3 is 10.3 Å². The third kappa shape index (κ3) is 1.58. The van der Waals surface area contributed by atoms with Gasteiger partial charge in [0.2, 0.25) is 0 Å². The maximum absolute atomic E-state index is 8.81. The van der Waals surface area contributed by atoms with Crippen LogP contribution in [-0.2, 0) is 0 Å². The summed E-state index contributed by atoms with van der Waals surface area (Å²) in [4.78, 5) is 3.13. The van der Waals surface area contributed by atoms with E-state index < -0.39 is 0 Å². The van der Waals surface area contributed by atoms with E-state index in [1.54, 1.807) is 0 Å². The van der Waals surface area contributed by atoms with Crippen LogP contribution >= 0.6 is 0 Å². The number of hydrogen-bond acceptors (Lipinski definition) is 2. The van der Waals surface area contributed by atoms with Crippen LogP contribution in [0.1, 0.15) is 35.5 Å². The molecule has 0 aliphatic heterocycles. The quantitative estimate of drug-likeness (QED) is 0.723. The Hall–Kier alpha value is -1.27. The lowest BCUT2D eigenvalue weighted by Crippen LogP contribution is -2.13. The maximum atomic E-state index is 8.81. The molecule has 0 radical (unpaired) electrons. The minimum atomic E-state index is 0.265. The molecule has 1 rings (SSSR count). The molecule has 1 unspecified atom stereocenters. The first-order valence-corrected chi connectivity index (χ1v) is 4.38. The highest BCUT2D eigenvalue weighted by molar-refractivity contribution is 5.42.